The molecule has 0 saturated heterocycles. The van der Waals surface area contributed by atoms with Crippen LogP contribution >= 0.6 is 0 Å². The van der Waals surface area contributed by atoms with Gasteiger partial charge in [0.2, 0.25) is 0 Å². The number of nitrogens with one attached hydrogen (secondary N) is 1. The first-order chi connectivity index (χ1) is 12.1. The number of halogens is 1. The molecule has 2 aromatic rings. The third-order valence-corrected chi connectivity index (χ3v) is 5.43. The number of allylic oxidation sites excluding steroid dienone is 2. The normalized spacial score (nSPS) is 23.6. The summed E-state index contributed by atoms with van der Waals surface area (Å²) < 4.78 is 18.2. The van der Waals surface area contributed by atoms with Gasteiger partial charge in [-0.2, -0.15) is 0 Å². The first kappa shape index (κ1) is 15.9. The molecule has 1 N–H and O–H groups in total. The van der Waals surface area contributed by atoms with Crippen LogP contribution in [0.5, 0.6) is 0 Å². The maximum absolute atomic E-state index is 13.3. The van der Waals surface area contributed by atoms with Gasteiger partial charge in [0.05, 0.1) is 18.7 Å². The zero-order valence-corrected chi connectivity index (χ0v) is 14.3. The molecule has 4 rings (SSSR count). The summed E-state index contributed by atoms with van der Waals surface area (Å²) in [6.45, 7) is 1.94. The zero-order chi connectivity index (χ0) is 17.6. The van der Waals surface area contributed by atoms with Crippen molar-refractivity contribution in [1.29, 1.82) is 0 Å². The molecule has 0 spiro atoms. The standard InChI is InChI=1S/C21H20FNO2/c1-12-15(21(24)25-2)10-11-18-16-4-3-5-17(16)20(23-19(12)18)13-6-8-14(22)9-7-13/h3-4,6-11,16-17,20,23H,5H2,1-2H3/t16-,17+,20+/m0/s1. The molecule has 3 atom stereocenters. The van der Waals surface area contributed by atoms with Crippen LogP contribution in [0.3, 0.4) is 0 Å². The molecule has 3 nitrogen and oxygen atoms in total. The van der Waals surface area contributed by atoms with E-state index < -0.39 is 0 Å². The van der Waals surface area contributed by atoms with Crippen molar-refractivity contribution in [3.05, 3.63) is 76.6 Å². The minimum atomic E-state index is -0.329. The maximum atomic E-state index is 13.3. The Morgan fingerprint density at radius 1 is 1.20 bits per heavy atom. The summed E-state index contributed by atoms with van der Waals surface area (Å²) in [4.78, 5) is 12.0. The number of fused-ring (bicyclic) bond motifs is 3. The third-order valence-electron chi connectivity index (χ3n) is 5.43. The topological polar surface area (TPSA) is 38.3 Å². The average Bonchev–Trinajstić information content (AvgIpc) is 3.12. The molecule has 1 aliphatic heterocycles. The molecule has 0 unspecified atom stereocenters. The number of esters is 1. The van der Waals surface area contributed by atoms with E-state index in [0.717, 1.165) is 23.2 Å². The van der Waals surface area contributed by atoms with Crippen molar-refractivity contribution < 1.29 is 13.9 Å². The van der Waals surface area contributed by atoms with Crippen LogP contribution in [0, 0.1) is 18.7 Å². The highest BCUT2D eigenvalue weighted by atomic mass is 19.1. The number of rotatable bonds is 2. The molecule has 0 amide bonds. The van der Waals surface area contributed by atoms with E-state index in [9.17, 15) is 9.18 Å². The average molecular weight is 337 g/mol. The molecule has 0 radical (unpaired) electrons. The molecule has 0 saturated carbocycles. The van der Waals surface area contributed by atoms with Crippen molar-refractivity contribution in [2.24, 2.45) is 5.92 Å². The van der Waals surface area contributed by atoms with E-state index >= 15 is 0 Å². The first-order valence-electron chi connectivity index (χ1n) is 8.50. The highest BCUT2D eigenvalue weighted by Crippen LogP contribution is 2.50. The molecule has 4 heteroatoms. The summed E-state index contributed by atoms with van der Waals surface area (Å²) in [5.74, 6) is 0.132. The second-order valence-corrected chi connectivity index (χ2v) is 6.72. The third kappa shape index (κ3) is 2.53. The number of carbonyl (C=O) groups excluding carboxylic acids is 1. The van der Waals surface area contributed by atoms with Gasteiger partial charge in [-0.1, -0.05) is 30.4 Å². The molecule has 128 valence electrons. The summed E-state index contributed by atoms with van der Waals surface area (Å²) in [6, 6.07) is 10.6. The van der Waals surface area contributed by atoms with Gasteiger partial charge in [0, 0.05) is 11.6 Å². The predicted molar refractivity (Wildman–Crippen MR) is 95.3 cm³/mol. The number of anilines is 1. The summed E-state index contributed by atoms with van der Waals surface area (Å²) in [5, 5.41) is 3.62. The van der Waals surface area contributed by atoms with Gasteiger partial charge in [-0.15, -0.1) is 0 Å². The Kier molecular flexibility index (Phi) is 3.83. The van der Waals surface area contributed by atoms with Gasteiger partial charge in [-0.25, -0.2) is 9.18 Å². The quantitative estimate of drug-likeness (QED) is 0.635. The van der Waals surface area contributed by atoms with Crippen LogP contribution in [0.4, 0.5) is 10.1 Å². The monoisotopic (exact) mass is 337 g/mol. The molecular weight excluding hydrogens is 317 g/mol. The Morgan fingerprint density at radius 2 is 1.96 bits per heavy atom. The predicted octanol–water partition coefficient (Wildman–Crippen LogP) is 4.75. The number of hydrogen-bond acceptors (Lipinski definition) is 3. The second kappa shape index (κ2) is 6.03. The van der Waals surface area contributed by atoms with Crippen molar-refractivity contribution in [1.82, 2.24) is 0 Å². The van der Waals surface area contributed by atoms with Crippen molar-refractivity contribution in [2.75, 3.05) is 12.4 Å². The van der Waals surface area contributed by atoms with E-state index in [-0.39, 0.29) is 17.8 Å². The van der Waals surface area contributed by atoms with Crippen LogP contribution in [0.15, 0.2) is 48.6 Å². The summed E-state index contributed by atoms with van der Waals surface area (Å²) in [5.41, 5.74) is 4.74. The fourth-order valence-electron chi connectivity index (χ4n) is 4.15. The fraction of sp³-hybridized carbons (Fsp3) is 0.286. The van der Waals surface area contributed by atoms with Crippen molar-refractivity contribution in [2.45, 2.75) is 25.3 Å². The van der Waals surface area contributed by atoms with E-state index in [2.05, 4.69) is 17.5 Å². The van der Waals surface area contributed by atoms with Gasteiger partial charge in [-0.05, 0) is 54.2 Å². The fourth-order valence-corrected chi connectivity index (χ4v) is 4.15. The van der Waals surface area contributed by atoms with Crippen LogP contribution < -0.4 is 5.32 Å². The van der Waals surface area contributed by atoms with Crippen LogP contribution in [-0.2, 0) is 4.74 Å². The van der Waals surface area contributed by atoms with Gasteiger partial charge >= 0.3 is 5.97 Å². The SMILES string of the molecule is COC(=O)c1ccc2c(c1C)N[C@H](c1ccc(F)cc1)[C@@H]1CC=C[C@H]21. The zero-order valence-electron chi connectivity index (χ0n) is 14.3. The Morgan fingerprint density at radius 3 is 2.68 bits per heavy atom. The molecule has 0 fully saturated rings. The van der Waals surface area contributed by atoms with Crippen LogP contribution in [0.25, 0.3) is 0 Å². The van der Waals surface area contributed by atoms with E-state index in [1.54, 1.807) is 0 Å². The van der Waals surface area contributed by atoms with Crippen LogP contribution in [0.2, 0.25) is 0 Å². The lowest BCUT2D eigenvalue weighted by Gasteiger charge is -2.38. The highest BCUT2D eigenvalue weighted by molar-refractivity contribution is 5.93. The number of carbonyl (C=O) groups is 1. The number of methoxy groups -OCH3 is 1. The minimum Gasteiger partial charge on any atom is -0.465 e. The van der Waals surface area contributed by atoms with Crippen molar-refractivity contribution >= 4 is 11.7 Å². The maximum Gasteiger partial charge on any atom is 0.338 e. The Hall–Kier alpha value is -2.62. The summed E-state index contributed by atoms with van der Waals surface area (Å²) >= 11 is 0. The minimum absolute atomic E-state index is 0.0831. The van der Waals surface area contributed by atoms with Crippen molar-refractivity contribution in [3.63, 3.8) is 0 Å². The second-order valence-electron chi connectivity index (χ2n) is 6.72. The molecule has 1 aliphatic carbocycles. The molecule has 2 aliphatic rings. The first-order valence-corrected chi connectivity index (χ1v) is 8.50. The van der Waals surface area contributed by atoms with Crippen molar-refractivity contribution in [3.8, 4) is 0 Å². The lowest BCUT2D eigenvalue weighted by molar-refractivity contribution is 0.0600. The van der Waals surface area contributed by atoms with Gasteiger partial charge in [-0.3, -0.25) is 0 Å². The molecule has 2 aromatic carbocycles. The molecule has 1 heterocycles. The molecular formula is C21H20FNO2. The van der Waals surface area contributed by atoms with Gasteiger partial charge in [0.15, 0.2) is 0 Å². The van der Waals surface area contributed by atoms with E-state index in [4.69, 9.17) is 4.74 Å². The van der Waals surface area contributed by atoms with E-state index in [1.807, 2.05) is 31.2 Å². The summed E-state index contributed by atoms with van der Waals surface area (Å²) in [6.07, 6.45) is 5.45. The number of hydrogen-bond donors (Lipinski definition) is 1. The largest absolute Gasteiger partial charge is 0.465 e. The highest BCUT2D eigenvalue weighted by Gasteiger charge is 2.39. The number of ether oxygens (including phenoxy) is 1. The Bertz CT molecular complexity index is 857. The summed E-state index contributed by atoms with van der Waals surface area (Å²) in [7, 11) is 1.39. The van der Waals surface area contributed by atoms with Gasteiger partial charge < -0.3 is 10.1 Å². The Balaban J connectivity index is 1.81. The lowest BCUT2D eigenvalue weighted by Crippen LogP contribution is -2.30. The van der Waals surface area contributed by atoms with E-state index in [0.29, 0.717) is 17.4 Å². The van der Waals surface area contributed by atoms with Gasteiger partial charge in [0.1, 0.15) is 5.82 Å². The Labute approximate surface area is 146 Å². The molecule has 0 bridgehead atoms. The van der Waals surface area contributed by atoms with Crippen LogP contribution in [-0.4, -0.2) is 13.1 Å². The number of benzene rings is 2. The van der Waals surface area contributed by atoms with Gasteiger partial charge in [0.25, 0.3) is 0 Å². The molecule has 0 aromatic heterocycles. The molecule has 25 heavy (non-hydrogen) atoms. The van der Waals surface area contributed by atoms with Crippen LogP contribution in [0.1, 0.15) is 45.4 Å². The van der Waals surface area contributed by atoms with E-state index in [1.165, 1.54) is 24.8 Å². The lowest BCUT2D eigenvalue weighted by atomic mass is 9.76. The smallest absolute Gasteiger partial charge is 0.338 e.